The first-order valence-corrected chi connectivity index (χ1v) is 9.81. The number of carbonyl (C=O) groups is 1. The maximum atomic E-state index is 13.1. The first-order valence-electron chi connectivity index (χ1n) is 9.40. The Bertz CT molecular complexity index is 699. The van der Waals surface area contributed by atoms with Crippen LogP contribution in [0.4, 0.5) is 0 Å². The molecule has 0 aliphatic carbocycles. The number of morpholine rings is 1. The Labute approximate surface area is 170 Å². The molecule has 0 spiro atoms. The monoisotopic (exact) mass is 409 g/mol. The van der Waals surface area contributed by atoms with Gasteiger partial charge in [-0.05, 0) is 24.7 Å². The molecule has 1 amide bonds. The maximum Gasteiger partial charge on any atom is 0.277 e. The predicted octanol–water partition coefficient (Wildman–Crippen LogP) is 0.368. The predicted molar refractivity (Wildman–Crippen MR) is 108 cm³/mol. The molecule has 0 radical (unpaired) electrons. The number of carbonyl (C=O) groups excluding carboxylic acids is 1. The number of methoxy groups -OCH3 is 2. The van der Waals surface area contributed by atoms with Crippen molar-refractivity contribution in [2.75, 3.05) is 66.7 Å². The first-order chi connectivity index (χ1) is 13.6. The van der Waals surface area contributed by atoms with Gasteiger partial charge in [-0.25, -0.2) is 5.01 Å². The van der Waals surface area contributed by atoms with E-state index < -0.39 is 0 Å². The second kappa shape index (κ2) is 9.85. The van der Waals surface area contributed by atoms with Crippen LogP contribution in [0.15, 0.2) is 12.1 Å². The molecule has 2 aliphatic rings. The van der Waals surface area contributed by atoms with Gasteiger partial charge < -0.3 is 19.5 Å². The Balaban J connectivity index is 1.60. The molecule has 9 nitrogen and oxygen atoms in total. The van der Waals surface area contributed by atoms with Gasteiger partial charge in [0.1, 0.15) is 5.56 Å². The summed E-state index contributed by atoms with van der Waals surface area (Å²) >= 11 is 5.54. The lowest BCUT2D eigenvalue weighted by atomic mass is 10.2. The summed E-state index contributed by atoms with van der Waals surface area (Å²) in [5.41, 5.74) is 0.381. The van der Waals surface area contributed by atoms with Crippen LogP contribution >= 0.6 is 12.2 Å². The highest BCUT2D eigenvalue weighted by Gasteiger charge is 2.31. The third-order valence-corrected chi connectivity index (χ3v) is 5.13. The van der Waals surface area contributed by atoms with Crippen LogP contribution in [-0.4, -0.2) is 97.6 Å². The van der Waals surface area contributed by atoms with Crippen molar-refractivity contribution in [3.05, 3.63) is 17.7 Å². The number of aromatic nitrogens is 1. The molecule has 2 saturated heterocycles. The number of pyridine rings is 1. The van der Waals surface area contributed by atoms with Crippen molar-refractivity contribution in [1.82, 2.24) is 25.2 Å². The van der Waals surface area contributed by atoms with Gasteiger partial charge in [0.25, 0.3) is 5.91 Å². The van der Waals surface area contributed by atoms with Gasteiger partial charge in [0.2, 0.25) is 11.8 Å². The van der Waals surface area contributed by atoms with E-state index in [1.807, 2.05) is 5.01 Å². The zero-order chi connectivity index (χ0) is 19.9. The van der Waals surface area contributed by atoms with Gasteiger partial charge in [0.05, 0.1) is 27.4 Å². The van der Waals surface area contributed by atoms with Gasteiger partial charge in [-0.2, -0.15) is 4.98 Å². The third-order valence-electron chi connectivity index (χ3n) is 4.78. The molecule has 3 heterocycles. The molecule has 2 fully saturated rings. The zero-order valence-electron chi connectivity index (χ0n) is 16.3. The molecule has 0 unspecified atom stereocenters. The molecule has 154 valence electrons. The molecular formula is C18H27N5O4S. The van der Waals surface area contributed by atoms with E-state index in [9.17, 15) is 4.79 Å². The first kappa shape index (κ1) is 20.6. The number of hydrogen-bond donors (Lipinski definition) is 1. The number of nitrogens with one attached hydrogen (secondary N) is 1. The Morgan fingerprint density at radius 2 is 1.93 bits per heavy atom. The molecule has 3 rings (SSSR count). The lowest BCUT2D eigenvalue weighted by Crippen LogP contribution is -2.50. The summed E-state index contributed by atoms with van der Waals surface area (Å²) in [6.07, 6.45) is 0.850. The van der Waals surface area contributed by atoms with E-state index >= 15 is 0 Å². The SMILES string of the molecule is COc1ccc(C(=O)N2CCCN2C(=S)NCCN2CCOCC2)c(OC)n1. The van der Waals surface area contributed by atoms with Gasteiger partial charge in [-0.1, -0.05) is 0 Å². The number of thiocarbonyl (C=S) groups is 1. The van der Waals surface area contributed by atoms with Crippen LogP contribution in [0.3, 0.4) is 0 Å². The van der Waals surface area contributed by atoms with E-state index in [0.717, 1.165) is 45.8 Å². The molecule has 0 saturated carbocycles. The van der Waals surface area contributed by atoms with Crippen molar-refractivity contribution in [3.63, 3.8) is 0 Å². The van der Waals surface area contributed by atoms with E-state index in [1.54, 1.807) is 17.1 Å². The topological polar surface area (TPSA) is 79.4 Å². The van der Waals surface area contributed by atoms with E-state index in [0.29, 0.717) is 29.6 Å². The van der Waals surface area contributed by atoms with Crippen LogP contribution in [0.25, 0.3) is 0 Å². The normalized spacial score (nSPS) is 17.5. The summed E-state index contributed by atoms with van der Waals surface area (Å²) in [6, 6.07) is 3.31. The number of ether oxygens (including phenoxy) is 3. The van der Waals surface area contributed by atoms with Gasteiger partial charge >= 0.3 is 0 Å². The average Bonchev–Trinajstić information content (AvgIpc) is 3.23. The molecule has 2 aliphatic heterocycles. The lowest BCUT2D eigenvalue weighted by molar-refractivity contribution is 0.0382. The van der Waals surface area contributed by atoms with E-state index in [-0.39, 0.29) is 11.8 Å². The highest BCUT2D eigenvalue weighted by atomic mass is 32.1. The number of rotatable bonds is 6. The minimum Gasteiger partial charge on any atom is -0.481 e. The van der Waals surface area contributed by atoms with Crippen LogP contribution in [0.1, 0.15) is 16.8 Å². The standard InChI is InChI=1S/C18H27N5O4S/c1-25-15-5-4-14(16(20-15)26-2)17(24)22-7-3-8-23(22)18(28)19-6-9-21-10-12-27-13-11-21/h4-5H,3,6-13H2,1-2H3,(H,19,28). The summed E-state index contributed by atoms with van der Waals surface area (Å²) in [4.78, 5) is 19.6. The number of nitrogens with zero attached hydrogens (tertiary/aromatic N) is 4. The molecule has 0 aromatic carbocycles. The lowest BCUT2D eigenvalue weighted by Gasteiger charge is -2.31. The molecule has 1 aromatic rings. The molecule has 28 heavy (non-hydrogen) atoms. The van der Waals surface area contributed by atoms with Crippen molar-refractivity contribution in [3.8, 4) is 11.8 Å². The fraction of sp³-hybridized carbons (Fsp3) is 0.611. The fourth-order valence-corrected chi connectivity index (χ4v) is 3.56. The maximum absolute atomic E-state index is 13.1. The number of amides is 1. The Hall–Kier alpha value is -2.17. The van der Waals surface area contributed by atoms with E-state index in [1.165, 1.54) is 14.2 Å². The largest absolute Gasteiger partial charge is 0.481 e. The second-order valence-corrected chi connectivity index (χ2v) is 6.89. The van der Waals surface area contributed by atoms with Crippen molar-refractivity contribution in [2.45, 2.75) is 6.42 Å². The van der Waals surface area contributed by atoms with Crippen molar-refractivity contribution in [2.24, 2.45) is 0 Å². The summed E-state index contributed by atoms with van der Waals surface area (Å²) in [5.74, 6) is 0.441. The fourth-order valence-electron chi connectivity index (χ4n) is 3.27. The highest BCUT2D eigenvalue weighted by Crippen LogP contribution is 2.24. The van der Waals surface area contributed by atoms with Crippen LogP contribution in [0, 0.1) is 0 Å². The van der Waals surface area contributed by atoms with Crippen LogP contribution < -0.4 is 14.8 Å². The second-order valence-electron chi connectivity index (χ2n) is 6.50. The van der Waals surface area contributed by atoms with Crippen molar-refractivity contribution >= 4 is 23.2 Å². The molecule has 1 N–H and O–H groups in total. The summed E-state index contributed by atoms with van der Waals surface area (Å²) < 4.78 is 15.7. The summed E-state index contributed by atoms with van der Waals surface area (Å²) in [5, 5.41) is 7.29. The van der Waals surface area contributed by atoms with E-state index in [4.69, 9.17) is 26.4 Å². The third kappa shape index (κ3) is 4.81. The average molecular weight is 410 g/mol. The minimum absolute atomic E-state index is 0.193. The zero-order valence-corrected chi connectivity index (χ0v) is 17.2. The highest BCUT2D eigenvalue weighted by molar-refractivity contribution is 7.80. The minimum atomic E-state index is -0.193. The van der Waals surface area contributed by atoms with Crippen LogP contribution in [0.2, 0.25) is 0 Å². The summed E-state index contributed by atoms with van der Waals surface area (Å²) in [7, 11) is 3.00. The number of hydrogen-bond acceptors (Lipinski definition) is 7. The molecule has 10 heteroatoms. The van der Waals surface area contributed by atoms with Gasteiger partial charge in [0, 0.05) is 45.3 Å². The Morgan fingerprint density at radius 1 is 1.18 bits per heavy atom. The molecule has 0 bridgehead atoms. The van der Waals surface area contributed by atoms with Gasteiger partial charge in [-0.15, -0.1) is 0 Å². The molecular weight excluding hydrogens is 382 g/mol. The van der Waals surface area contributed by atoms with Crippen molar-refractivity contribution in [1.29, 1.82) is 0 Å². The molecule has 0 atom stereocenters. The van der Waals surface area contributed by atoms with Gasteiger partial charge in [-0.3, -0.25) is 14.7 Å². The van der Waals surface area contributed by atoms with Crippen LogP contribution in [0.5, 0.6) is 11.8 Å². The quantitative estimate of drug-likeness (QED) is 0.670. The van der Waals surface area contributed by atoms with Gasteiger partial charge in [0.15, 0.2) is 5.11 Å². The Morgan fingerprint density at radius 3 is 2.64 bits per heavy atom. The summed E-state index contributed by atoms with van der Waals surface area (Å²) in [6.45, 7) is 6.33. The van der Waals surface area contributed by atoms with Crippen LogP contribution in [-0.2, 0) is 4.74 Å². The Kier molecular flexibility index (Phi) is 7.24. The smallest absolute Gasteiger partial charge is 0.277 e. The number of hydrazine groups is 1. The molecule has 1 aromatic heterocycles. The van der Waals surface area contributed by atoms with E-state index in [2.05, 4.69) is 15.2 Å². The van der Waals surface area contributed by atoms with Crippen molar-refractivity contribution < 1.29 is 19.0 Å².